The van der Waals surface area contributed by atoms with Crippen LogP contribution in [0.3, 0.4) is 0 Å². The molecule has 0 heterocycles. The Hall–Kier alpha value is -2.62. The Morgan fingerprint density at radius 3 is 1.58 bits per heavy atom. The van der Waals surface area contributed by atoms with Crippen molar-refractivity contribution in [2.24, 2.45) is 0 Å². The zero-order chi connectivity index (χ0) is 19.2. The highest BCUT2D eigenvalue weighted by Crippen LogP contribution is 2.46. The average Bonchev–Trinajstić information content (AvgIpc) is 2.64. The van der Waals surface area contributed by atoms with E-state index in [2.05, 4.69) is 13.2 Å². The summed E-state index contributed by atoms with van der Waals surface area (Å²) in [5, 5.41) is 0. The first kappa shape index (κ1) is 19.7. The molecule has 0 spiro atoms. The Morgan fingerprint density at radius 1 is 0.885 bits per heavy atom. The first-order chi connectivity index (χ1) is 12.5. The minimum atomic E-state index is -0.995. The Bertz CT molecular complexity index is 672. The van der Waals surface area contributed by atoms with Crippen LogP contribution in [-0.2, 0) is 29.9 Å². The summed E-state index contributed by atoms with van der Waals surface area (Å²) in [5.41, 5.74) is -0.497. The minimum Gasteiger partial charge on any atom is -0.465 e. The van der Waals surface area contributed by atoms with E-state index in [1.807, 2.05) is 24.3 Å². The molecule has 0 bridgehead atoms. The van der Waals surface area contributed by atoms with Crippen molar-refractivity contribution in [3.05, 3.63) is 72.9 Å². The second-order valence-electron chi connectivity index (χ2n) is 6.25. The molecule has 26 heavy (non-hydrogen) atoms. The summed E-state index contributed by atoms with van der Waals surface area (Å²) in [6.45, 7) is 11.7. The van der Waals surface area contributed by atoms with Crippen molar-refractivity contribution in [3.8, 4) is 0 Å². The lowest BCUT2D eigenvalue weighted by Crippen LogP contribution is -2.46. The van der Waals surface area contributed by atoms with Gasteiger partial charge in [0.25, 0.3) is 0 Å². The number of hydrogen-bond donors (Lipinski definition) is 0. The standard InChI is InChI=1S/C22H26O4/c1-5-13-21(19(23)25-7-3)15-16-22(14-6-2,20(24)26-8-4)18-12-10-9-11-17(18)21/h5-6,9-12,15-16H,1-2,7-8,13-14H2,3-4H3. The van der Waals surface area contributed by atoms with Crippen LogP contribution in [0, 0.1) is 0 Å². The molecule has 4 nitrogen and oxygen atoms in total. The van der Waals surface area contributed by atoms with Crippen LogP contribution >= 0.6 is 0 Å². The van der Waals surface area contributed by atoms with Crippen LogP contribution in [0.2, 0.25) is 0 Å². The largest absolute Gasteiger partial charge is 0.465 e. The van der Waals surface area contributed by atoms with Gasteiger partial charge in [-0.05, 0) is 37.8 Å². The maximum Gasteiger partial charge on any atom is 0.320 e. The van der Waals surface area contributed by atoms with Gasteiger partial charge in [0.2, 0.25) is 0 Å². The summed E-state index contributed by atoms with van der Waals surface area (Å²) < 4.78 is 10.7. The lowest BCUT2D eigenvalue weighted by Gasteiger charge is -2.40. The molecule has 1 aliphatic carbocycles. The molecule has 1 aromatic carbocycles. The van der Waals surface area contributed by atoms with Crippen molar-refractivity contribution in [1.82, 2.24) is 0 Å². The Kier molecular flexibility index (Phi) is 6.19. The summed E-state index contributed by atoms with van der Waals surface area (Å²) in [6, 6.07) is 7.46. The number of ether oxygens (including phenoxy) is 2. The summed E-state index contributed by atoms with van der Waals surface area (Å²) in [4.78, 5) is 25.8. The molecule has 0 aromatic heterocycles. The molecule has 0 N–H and O–H groups in total. The van der Waals surface area contributed by atoms with Crippen LogP contribution < -0.4 is 0 Å². The van der Waals surface area contributed by atoms with Crippen LogP contribution in [0.25, 0.3) is 0 Å². The molecular formula is C22H26O4. The number of carbonyl (C=O) groups is 2. The van der Waals surface area contributed by atoms with Crippen molar-refractivity contribution >= 4 is 11.9 Å². The Balaban J connectivity index is 2.74. The van der Waals surface area contributed by atoms with Gasteiger partial charge in [-0.15, -0.1) is 13.2 Å². The Labute approximate surface area is 155 Å². The molecule has 138 valence electrons. The van der Waals surface area contributed by atoms with Crippen molar-refractivity contribution in [2.45, 2.75) is 37.5 Å². The quantitative estimate of drug-likeness (QED) is 0.523. The van der Waals surface area contributed by atoms with Crippen molar-refractivity contribution < 1.29 is 19.1 Å². The summed E-state index contributed by atoms with van der Waals surface area (Å²) in [7, 11) is 0. The molecule has 0 fully saturated rings. The molecule has 2 rings (SSSR count). The molecule has 0 aliphatic heterocycles. The number of carbonyl (C=O) groups excluding carboxylic acids is 2. The number of hydrogen-bond acceptors (Lipinski definition) is 4. The maximum absolute atomic E-state index is 12.9. The van der Waals surface area contributed by atoms with Gasteiger partial charge in [0.1, 0.15) is 10.8 Å². The van der Waals surface area contributed by atoms with Crippen LogP contribution in [0.4, 0.5) is 0 Å². The molecule has 4 heteroatoms. The average molecular weight is 354 g/mol. The molecule has 1 aromatic rings. The fraction of sp³-hybridized carbons (Fsp3) is 0.364. The monoisotopic (exact) mass is 354 g/mol. The maximum atomic E-state index is 12.9. The van der Waals surface area contributed by atoms with Gasteiger partial charge in [-0.2, -0.15) is 0 Å². The van der Waals surface area contributed by atoms with E-state index in [1.54, 1.807) is 38.2 Å². The minimum absolute atomic E-state index is 0.281. The lowest BCUT2D eigenvalue weighted by molar-refractivity contribution is -0.150. The van der Waals surface area contributed by atoms with Crippen molar-refractivity contribution in [2.75, 3.05) is 13.2 Å². The second kappa shape index (κ2) is 8.17. The number of benzene rings is 1. The molecule has 0 saturated carbocycles. The molecule has 0 radical (unpaired) electrons. The van der Waals surface area contributed by atoms with Gasteiger partial charge in [0.05, 0.1) is 13.2 Å². The molecule has 1 aliphatic rings. The molecule has 0 saturated heterocycles. The Morgan fingerprint density at radius 2 is 1.27 bits per heavy atom. The highest BCUT2D eigenvalue weighted by molar-refractivity contribution is 5.93. The summed E-state index contributed by atoms with van der Waals surface area (Å²) in [6.07, 6.45) is 7.70. The van der Waals surface area contributed by atoms with E-state index >= 15 is 0 Å². The number of fused-ring (bicyclic) bond motifs is 1. The third-order valence-electron chi connectivity index (χ3n) is 4.75. The SMILES string of the molecule is C=CCC1(C(=O)OCC)C=CC(CC=C)(C(=O)OCC)c2ccccc21. The highest BCUT2D eigenvalue weighted by atomic mass is 16.5. The number of allylic oxidation sites excluding steroid dienone is 2. The molecule has 2 atom stereocenters. The van der Waals surface area contributed by atoms with E-state index in [-0.39, 0.29) is 25.2 Å². The zero-order valence-electron chi connectivity index (χ0n) is 15.5. The topological polar surface area (TPSA) is 52.6 Å². The first-order valence-electron chi connectivity index (χ1n) is 8.89. The van der Waals surface area contributed by atoms with Gasteiger partial charge in [0, 0.05) is 0 Å². The van der Waals surface area contributed by atoms with Gasteiger partial charge >= 0.3 is 11.9 Å². The highest BCUT2D eigenvalue weighted by Gasteiger charge is 2.50. The van der Waals surface area contributed by atoms with Crippen LogP contribution in [-0.4, -0.2) is 25.2 Å². The molecule has 0 amide bonds. The molecule has 2 unspecified atom stereocenters. The van der Waals surface area contributed by atoms with E-state index in [9.17, 15) is 9.59 Å². The van der Waals surface area contributed by atoms with Gasteiger partial charge in [-0.3, -0.25) is 9.59 Å². The summed E-state index contributed by atoms with van der Waals surface area (Å²) >= 11 is 0. The normalized spacial score (nSPS) is 23.6. The zero-order valence-corrected chi connectivity index (χ0v) is 15.5. The van der Waals surface area contributed by atoms with Crippen LogP contribution in [0.5, 0.6) is 0 Å². The van der Waals surface area contributed by atoms with Gasteiger partial charge in [-0.25, -0.2) is 0 Å². The van der Waals surface area contributed by atoms with Crippen LogP contribution in [0.1, 0.15) is 37.8 Å². The lowest BCUT2D eigenvalue weighted by atomic mass is 9.62. The second-order valence-corrected chi connectivity index (χ2v) is 6.25. The van der Waals surface area contributed by atoms with E-state index in [1.165, 1.54) is 0 Å². The third-order valence-corrected chi connectivity index (χ3v) is 4.75. The van der Waals surface area contributed by atoms with E-state index < -0.39 is 10.8 Å². The van der Waals surface area contributed by atoms with Crippen molar-refractivity contribution in [3.63, 3.8) is 0 Å². The van der Waals surface area contributed by atoms with Gasteiger partial charge < -0.3 is 9.47 Å². The predicted octanol–water partition coefficient (Wildman–Crippen LogP) is 4.01. The molecular weight excluding hydrogens is 328 g/mol. The van der Waals surface area contributed by atoms with E-state index in [0.717, 1.165) is 11.1 Å². The number of esters is 2. The summed E-state index contributed by atoms with van der Waals surface area (Å²) in [5.74, 6) is -0.695. The van der Waals surface area contributed by atoms with Gasteiger partial charge in [-0.1, -0.05) is 48.6 Å². The first-order valence-corrected chi connectivity index (χ1v) is 8.89. The van der Waals surface area contributed by atoms with Crippen molar-refractivity contribution in [1.29, 1.82) is 0 Å². The number of rotatable bonds is 8. The fourth-order valence-electron chi connectivity index (χ4n) is 3.58. The van der Waals surface area contributed by atoms with E-state index in [4.69, 9.17) is 9.47 Å². The van der Waals surface area contributed by atoms with E-state index in [0.29, 0.717) is 12.8 Å². The fourth-order valence-corrected chi connectivity index (χ4v) is 3.58. The van der Waals surface area contributed by atoms with Gasteiger partial charge in [0.15, 0.2) is 0 Å². The third kappa shape index (κ3) is 3.12. The smallest absolute Gasteiger partial charge is 0.320 e. The van der Waals surface area contributed by atoms with Crippen LogP contribution in [0.15, 0.2) is 61.7 Å². The predicted molar refractivity (Wildman–Crippen MR) is 102 cm³/mol.